The van der Waals surface area contributed by atoms with Crippen LogP contribution in [0.5, 0.6) is 5.75 Å². The van der Waals surface area contributed by atoms with Crippen molar-refractivity contribution in [1.82, 2.24) is 10.2 Å². The standard InChI is InChI=1S/C20H28N4O2/c1-3-24(11-9-15-5-4-6-17(21)13-15)12-10-16-7-8-19(25)18(14-16)23-20(26)22-2/h4-8,13-14,25H,3,9-12,21H2,1-2H3,(H2,22,23,26). The molecular weight excluding hydrogens is 328 g/mol. The highest BCUT2D eigenvalue weighted by molar-refractivity contribution is 5.90. The third-order valence-corrected chi connectivity index (χ3v) is 4.37. The fraction of sp³-hybridized carbons (Fsp3) is 0.350. The zero-order valence-corrected chi connectivity index (χ0v) is 15.5. The van der Waals surface area contributed by atoms with Crippen molar-refractivity contribution in [3.05, 3.63) is 53.6 Å². The van der Waals surface area contributed by atoms with Crippen molar-refractivity contribution in [2.75, 3.05) is 37.7 Å². The van der Waals surface area contributed by atoms with Crippen LogP contribution < -0.4 is 16.4 Å². The zero-order valence-electron chi connectivity index (χ0n) is 15.5. The summed E-state index contributed by atoms with van der Waals surface area (Å²) < 4.78 is 0. The largest absolute Gasteiger partial charge is 0.506 e. The predicted molar refractivity (Wildman–Crippen MR) is 107 cm³/mol. The number of rotatable bonds is 8. The minimum atomic E-state index is -0.352. The van der Waals surface area contributed by atoms with Crippen LogP contribution in [0.1, 0.15) is 18.1 Å². The fourth-order valence-electron chi connectivity index (χ4n) is 2.77. The van der Waals surface area contributed by atoms with Crippen LogP contribution in [0.2, 0.25) is 0 Å². The van der Waals surface area contributed by atoms with E-state index >= 15 is 0 Å². The van der Waals surface area contributed by atoms with E-state index < -0.39 is 0 Å². The number of nitrogens with zero attached hydrogens (tertiary/aromatic N) is 1. The molecule has 0 unspecified atom stereocenters. The van der Waals surface area contributed by atoms with Gasteiger partial charge in [-0.15, -0.1) is 0 Å². The van der Waals surface area contributed by atoms with Crippen LogP contribution in [0.25, 0.3) is 0 Å². The molecule has 5 N–H and O–H groups in total. The van der Waals surface area contributed by atoms with Crippen molar-refractivity contribution >= 4 is 17.4 Å². The Morgan fingerprint density at radius 3 is 2.42 bits per heavy atom. The van der Waals surface area contributed by atoms with Crippen molar-refractivity contribution in [3.63, 3.8) is 0 Å². The lowest BCUT2D eigenvalue weighted by Gasteiger charge is -2.20. The first kappa shape index (κ1) is 19.6. The van der Waals surface area contributed by atoms with Gasteiger partial charge >= 0.3 is 6.03 Å². The molecule has 0 heterocycles. The molecule has 0 bridgehead atoms. The summed E-state index contributed by atoms with van der Waals surface area (Å²) in [4.78, 5) is 13.8. The number of aromatic hydroxyl groups is 1. The molecular formula is C20H28N4O2. The van der Waals surface area contributed by atoms with Crippen LogP contribution in [-0.2, 0) is 12.8 Å². The average Bonchev–Trinajstić information content (AvgIpc) is 2.64. The highest BCUT2D eigenvalue weighted by atomic mass is 16.3. The van der Waals surface area contributed by atoms with Gasteiger partial charge in [-0.1, -0.05) is 25.1 Å². The molecule has 0 radical (unpaired) electrons. The third-order valence-electron chi connectivity index (χ3n) is 4.37. The lowest BCUT2D eigenvalue weighted by atomic mass is 10.1. The van der Waals surface area contributed by atoms with Gasteiger partial charge in [0.25, 0.3) is 0 Å². The lowest BCUT2D eigenvalue weighted by Crippen LogP contribution is -2.28. The molecule has 2 aromatic carbocycles. The molecule has 26 heavy (non-hydrogen) atoms. The molecule has 2 rings (SSSR count). The van der Waals surface area contributed by atoms with Crippen molar-refractivity contribution in [2.45, 2.75) is 19.8 Å². The number of phenols is 1. The van der Waals surface area contributed by atoms with Crippen molar-refractivity contribution < 1.29 is 9.90 Å². The summed E-state index contributed by atoms with van der Waals surface area (Å²) in [5.41, 5.74) is 9.36. The first-order chi connectivity index (χ1) is 12.5. The number of hydrogen-bond donors (Lipinski definition) is 4. The first-order valence-electron chi connectivity index (χ1n) is 8.89. The van der Waals surface area contributed by atoms with Crippen LogP contribution in [0.4, 0.5) is 16.2 Å². The number of urea groups is 1. The van der Waals surface area contributed by atoms with Gasteiger partial charge in [0.2, 0.25) is 0 Å². The van der Waals surface area contributed by atoms with Crippen LogP contribution in [0.3, 0.4) is 0 Å². The summed E-state index contributed by atoms with van der Waals surface area (Å²) in [5.74, 6) is 0.0614. The number of amides is 2. The van der Waals surface area contributed by atoms with Gasteiger partial charge in [0.1, 0.15) is 5.75 Å². The molecule has 140 valence electrons. The minimum absolute atomic E-state index is 0.0614. The number of anilines is 2. The van der Waals surface area contributed by atoms with Gasteiger partial charge in [0.05, 0.1) is 5.69 Å². The first-order valence-corrected chi connectivity index (χ1v) is 8.89. The summed E-state index contributed by atoms with van der Waals surface area (Å²) in [6.45, 7) is 4.98. The lowest BCUT2D eigenvalue weighted by molar-refractivity contribution is 0.254. The maximum Gasteiger partial charge on any atom is 0.319 e. The van der Waals surface area contributed by atoms with Crippen molar-refractivity contribution in [2.24, 2.45) is 0 Å². The number of phenolic OH excluding ortho intramolecular Hbond substituents is 1. The number of nitrogen functional groups attached to an aromatic ring is 1. The SMILES string of the molecule is CCN(CCc1cccc(N)c1)CCc1ccc(O)c(NC(=O)NC)c1. The van der Waals surface area contributed by atoms with Gasteiger partial charge in [0, 0.05) is 25.8 Å². The van der Waals surface area contributed by atoms with E-state index in [1.165, 1.54) is 12.6 Å². The second-order valence-electron chi connectivity index (χ2n) is 6.23. The third kappa shape index (κ3) is 5.97. The number of carbonyl (C=O) groups excluding carboxylic acids is 1. The van der Waals surface area contributed by atoms with Gasteiger partial charge in [-0.05, 0) is 54.8 Å². The Hall–Kier alpha value is -2.73. The maximum absolute atomic E-state index is 11.5. The summed E-state index contributed by atoms with van der Waals surface area (Å²) in [5, 5.41) is 15.0. The van der Waals surface area contributed by atoms with E-state index in [-0.39, 0.29) is 11.8 Å². The number of likely N-dealkylation sites (N-methyl/N-ethyl adjacent to an activating group) is 1. The van der Waals surface area contributed by atoms with Gasteiger partial charge in [-0.25, -0.2) is 4.79 Å². The Morgan fingerprint density at radius 2 is 1.81 bits per heavy atom. The van der Waals surface area contributed by atoms with E-state index in [0.717, 1.165) is 43.7 Å². The highest BCUT2D eigenvalue weighted by Crippen LogP contribution is 2.24. The van der Waals surface area contributed by atoms with E-state index in [9.17, 15) is 9.90 Å². The van der Waals surface area contributed by atoms with Crippen LogP contribution in [-0.4, -0.2) is 42.7 Å². The van der Waals surface area contributed by atoms with Crippen LogP contribution in [0.15, 0.2) is 42.5 Å². The van der Waals surface area contributed by atoms with Crippen LogP contribution >= 0.6 is 0 Å². The molecule has 0 saturated carbocycles. The maximum atomic E-state index is 11.5. The van der Waals surface area contributed by atoms with Crippen molar-refractivity contribution in [3.8, 4) is 5.75 Å². The average molecular weight is 356 g/mol. The smallest absolute Gasteiger partial charge is 0.319 e. The molecule has 6 heteroatoms. The Kier molecular flexibility index (Phi) is 7.29. The molecule has 0 spiro atoms. The predicted octanol–water partition coefficient (Wildman–Crippen LogP) is 2.83. The molecule has 6 nitrogen and oxygen atoms in total. The van der Waals surface area contributed by atoms with Gasteiger partial charge in [-0.2, -0.15) is 0 Å². The number of hydrogen-bond acceptors (Lipinski definition) is 4. The Bertz CT molecular complexity index is 734. The summed E-state index contributed by atoms with van der Waals surface area (Å²) >= 11 is 0. The topological polar surface area (TPSA) is 90.6 Å². The Balaban J connectivity index is 1.91. The normalized spacial score (nSPS) is 10.7. The van der Waals surface area contributed by atoms with E-state index in [4.69, 9.17) is 5.73 Å². The number of benzene rings is 2. The van der Waals surface area contributed by atoms with Gasteiger partial charge in [-0.3, -0.25) is 0 Å². The molecule has 0 aliphatic rings. The zero-order chi connectivity index (χ0) is 18.9. The highest BCUT2D eigenvalue weighted by Gasteiger charge is 2.08. The molecule has 0 atom stereocenters. The summed E-state index contributed by atoms with van der Waals surface area (Å²) in [7, 11) is 1.54. The molecule has 0 aliphatic heterocycles. The van der Waals surface area contributed by atoms with E-state index in [2.05, 4.69) is 28.5 Å². The van der Waals surface area contributed by atoms with E-state index in [1.807, 2.05) is 30.3 Å². The molecule has 0 aromatic heterocycles. The minimum Gasteiger partial charge on any atom is -0.506 e. The number of carbonyl (C=O) groups is 1. The van der Waals surface area contributed by atoms with E-state index in [1.54, 1.807) is 6.07 Å². The second kappa shape index (κ2) is 9.68. The number of nitrogens with one attached hydrogen (secondary N) is 2. The van der Waals surface area contributed by atoms with Crippen molar-refractivity contribution in [1.29, 1.82) is 0 Å². The number of nitrogens with two attached hydrogens (primary N) is 1. The molecule has 0 aliphatic carbocycles. The second-order valence-corrected chi connectivity index (χ2v) is 6.23. The Morgan fingerprint density at radius 1 is 1.12 bits per heavy atom. The van der Waals surface area contributed by atoms with Crippen LogP contribution in [0, 0.1) is 0 Å². The molecule has 0 fully saturated rings. The van der Waals surface area contributed by atoms with E-state index in [0.29, 0.717) is 5.69 Å². The monoisotopic (exact) mass is 356 g/mol. The summed E-state index contributed by atoms with van der Waals surface area (Å²) in [6.07, 6.45) is 1.80. The molecule has 2 aromatic rings. The summed E-state index contributed by atoms with van der Waals surface area (Å²) in [6, 6.07) is 13.0. The Labute approximate surface area is 155 Å². The van der Waals surface area contributed by atoms with Gasteiger partial charge < -0.3 is 26.4 Å². The molecule has 2 amide bonds. The fourth-order valence-corrected chi connectivity index (χ4v) is 2.77. The quantitative estimate of drug-likeness (QED) is 0.432. The van der Waals surface area contributed by atoms with Gasteiger partial charge in [0.15, 0.2) is 0 Å². The molecule has 0 saturated heterocycles.